The van der Waals surface area contributed by atoms with E-state index in [2.05, 4.69) is 10.6 Å². The minimum Gasteiger partial charge on any atom is -0.462 e. The van der Waals surface area contributed by atoms with E-state index in [1.165, 1.54) is 6.92 Å². The van der Waals surface area contributed by atoms with Crippen LogP contribution >= 0.6 is 0 Å². The molecule has 8 nitrogen and oxygen atoms in total. The maximum Gasteiger partial charge on any atom is 0.310 e. The molecular formula is C19H20N2O6. The van der Waals surface area contributed by atoms with E-state index in [4.69, 9.17) is 9.47 Å². The number of esters is 2. The molecule has 0 spiro atoms. The number of fused-ring (bicyclic) bond motifs is 1. The first-order chi connectivity index (χ1) is 12.9. The molecule has 142 valence electrons. The molecule has 3 aliphatic rings. The summed E-state index contributed by atoms with van der Waals surface area (Å²) in [5, 5.41) is 5.25. The summed E-state index contributed by atoms with van der Waals surface area (Å²) in [6.45, 7) is 0.997. The van der Waals surface area contributed by atoms with Crippen LogP contribution in [0.3, 0.4) is 0 Å². The Bertz CT molecular complexity index is 803. The molecule has 3 fully saturated rings. The van der Waals surface area contributed by atoms with Gasteiger partial charge in [0, 0.05) is 24.2 Å². The number of hydrogen-bond donors (Lipinski definition) is 2. The molecule has 27 heavy (non-hydrogen) atoms. The first-order valence-corrected chi connectivity index (χ1v) is 8.97. The van der Waals surface area contributed by atoms with E-state index in [9.17, 15) is 19.2 Å². The summed E-state index contributed by atoms with van der Waals surface area (Å²) in [5.41, 5.74) is 1.14. The van der Waals surface area contributed by atoms with Gasteiger partial charge in [0.05, 0.1) is 11.8 Å². The highest BCUT2D eigenvalue weighted by molar-refractivity contribution is 5.94. The molecule has 2 bridgehead atoms. The number of carbonyl (C=O) groups excluding carboxylic acids is 4. The molecule has 1 aromatic carbocycles. The van der Waals surface area contributed by atoms with Crippen molar-refractivity contribution in [3.63, 3.8) is 0 Å². The number of ether oxygens (including phenoxy) is 2. The molecule has 2 saturated carbocycles. The van der Waals surface area contributed by atoms with E-state index in [-0.39, 0.29) is 29.8 Å². The monoisotopic (exact) mass is 372 g/mol. The van der Waals surface area contributed by atoms with Crippen molar-refractivity contribution >= 4 is 35.1 Å². The van der Waals surface area contributed by atoms with Crippen molar-refractivity contribution in [2.24, 2.45) is 23.7 Å². The third kappa shape index (κ3) is 3.27. The first kappa shape index (κ1) is 17.5. The summed E-state index contributed by atoms with van der Waals surface area (Å²) in [6.07, 6.45) is 1.48. The Balaban J connectivity index is 1.29. The lowest BCUT2D eigenvalue weighted by molar-refractivity contribution is -0.157. The van der Waals surface area contributed by atoms with Gasteiger partial charge in [-0.05, 0) is 43.0 Å². The molecule has 1 heterocycles. The molecule has 2 aliphatic carbocycles. The number of hydrogen-bond acceptors (Lipinski definition) is 6. The fourth-order valence-corrected chi connectivity index (χ4v) is 4.60. The van der Waals surface area contributed by atoms with Crippen molar-refractivity contribution in [3.8, 4) is 0 Å². The number of carbonyl (C=O) groups is 4. The normalized spacial score (nSPS) is 30.0. The number of benzene rings is 1. The van der Waals surface area contributed by atoms with Crippen LogP contribution in [0.4, 0.5) is 11.4 Å². The topological polar surface area (TPSA) is 111 Å². The Kier molecular flexibility index (Phi) is 4.33. The van der Waals surface area contributed by atoms with Crippen molar-refractivity contribution in [1.82, 2.24) is 0 Å². The van der Waals surface area contributed by atoms with Gasteiger partial charge in [0.1, 0.15) is 6.10 Å². The Hall–Kier alpha value is -2.90. The van der Waals surface area contributed by atoms with Crippen LogP contribution in [0, 0.1) is 23.7 Å². The lowest BCUT2D eigenvalue weighted by atomic mass is 9.80. The highest BCUT2D eigenvalue weighted by Gasteiger charge is 2.64. The predicted octanol–water partition coefficient (Wildman–Crippen LogP) is 1.32. The largest absolute Gasteiger partial charge is 0.462 e. The van der Waals surface area contributed by atoms with E-state index >= 15 is 0 Å². The zero-order chi connectivity index (χ0) is 19.1. The summed E-state index contributed by atoms with van der Waals surface area (Å²) in [6, 6.07) is 6.58. The van der Waals surface area contributed by atoms with Crippen molar-refractivity contribution < 1.29 is 28.7 Å². The smallest absolute Gasteiger partial charge is 0.310 e. The number of rotatable bonds is 5. The predicted molar refractivity (Wildman–Crippen MR) is 93.4 cm³/mol. The zero-order valence-electron chi connectivity index (χ0n) is 14.8. The molecule has 8 heteroatoms. The van der Waals surface area contributed by atoms with Gasteiger partial charge in [-0.15, -0.1) is 0 Å². The summed E-state index contributed by atoms with van der Waals surface area (Å²) in [5.74, 6) is -2.14. The van der Waals surface area contributed by atoms with E-state index in [1.807, 2.05) is 0 Å². The van der Waals surface area contributed by atoms with Gasteiger partial charge in [0.2, 0.25) is 5.91 Å². The van der Waals surface area contributed by atoms with Crippen LogP contribution in [0.2, 0.25) is 0 Å². The van der Waals surface area contributed by atoms with Crippen molar-refractivity contribution in [2.45, 2.75) is 25.9 Å². The molecule has 0 aromatic heterocycles. The van der Waals surface area contributed by atoms with Crippen LogP contribution in [0.25, 0.3) is 0 Å². The van der Waals surface area contributed by atoms with Crippen LogP contribution in [0.5, 0.6) is 0 Å². The number of anilines is 2. The van der Waals surface area contributed by atoms with E-state index in [1.54, 1.807) is 24.3 Å². The quantitative estimate of drug-likeness (QED) is 0.755. The molecule has 2 N–H and O–H groups in total. The summed E-state index contributed by atoms with van der Waals surface area (Å²) >= 11 is 0. The van der Waals surface area contributed by atoms with Crippen LogP contribution in [-0.2, 0) is 28.7 Å². The van der Waals surface area contributed by atoms with Crippen molar-refractivity contribution in [2.75, 3.05) is 17.2 Å². The third-order valence-corrected chi connectivity index (χ3v) is 5.59. The summed E-state index contributed by atoms with van der Waals surface area (Å²) in [4.78, 5) is 47.4. The maximum atomic E-state index is 12.4. The lowest BCUT2D eigenvalue weighted by Gasteiger charge is -2.22. The van der Waals surface area contributed by atoms with Crippen LogP contribution in [-0.4, -0.2) is 36.5 Å². The van der Waals surface area contributed by atoms with Gasteiger partial charge in [0.15, 0.2) is 6.61 Å². The average Bonchev–Trinajstić information content (AvgIpc) is 3.23. The van der Waals surface area contributed by atoms with Gasteiger partial charge in [-0.25, -0.2) is 0 Å². The number of amides is 2. The van der Waals surface area contributed by atoms with Crippen molar-refractivity contribution in [1.29, 1.82) is 0 Å². The second-order valence-corrected chi connectivity index (χ2v) is 7.34. The average molecular weight is 372 g/mol. The molecule has 0 unspecified atom stereocenters. The Morgan fingerprint density at radius 1 is 1.11 bits per heavy atom. The van der Waals surface area contributed by atoms with Gasteiger partial charge in [-0.1, -0.05) is 0 Å². The first-order valence-electron chi connectivity index (χ1n) is 8.97. The minimum absolute atomic E-state index is 0.0414. The summed E-state index contributed by atoms with van der Waals surface area (Å²) in [7, 11) is 0. The molecule has 0 radical (unpaired) electrons. The van der Waals surface area contributed by atoms with Gasteiger partial charge >= 0.3 is 11.9 Å². The van der Waals surface area contributed by atoms with Crippen LogP contribution in [0.15, 0.2) is 24.3 Å². The Morgan fingerprint density at radius 3 is 2.44 bits per heavy atom. The van der Waals surface area contributed by atoms with Crippen LogP contribution in [0.1, 0.15) is 19.8 Å². The van der Waals surface area contributed by atoms with Gasteiger partial charge < -0.3 is 20.1 Å². The van der Waals surface area contributed by atoms with E-state index < -0.39 is 30.3 Å². The lowest BCUT2D eigenvalue weighted by Crippen LogP contribution is -2.34. The maximum absolute atomic E-state index is 12.4. The second-order valence-electron chi connectivity index (χ2n) is 7.34. The Morgan fingerprint density at radius 2 is 1.78 bits per heavy atom. The van der Waals surface area contributed by atoms with Gasteiger partial charge in [-0.3, -0.25) is 19.2 Å². The minimum atomic E-state index is -0.499. The highest BCUT2D eigenvalue weighted by atomic mass is 16.6. The zero-order valence-corrected chi connectivity index (χ0v) is 14.8. The third-order valence-electron chi connectivity index (χ3n) is 5.59. The molecule has 1 saturated heterocycles. The molecule has 2 amide bonds. The molecule has 1 aliphatic heterocycles. The molecular weight excluding hydrogens is 352 g/mol. The fourth-order valence-electron chi connectivity index (χ4n) is 4.60. The fraction of sp³-hybridized carbons (Fsp3) is 0.474. The SMILES string of the molecule is CC(=O)Nc1ccc(NC(=O)COC(=O)[C@@H]2[C@@H]3C[C@H]4[C@@H]2C(=O)O[C@@H]4C3)cc1. The molecule has 4 rings (SSSR count). The number of nitrogens with one attached hydrogen (secondary N) is 2. The Labute approximate surface area is 155 Å². The standard InChI is InChI=1S/C19H20N2O6/c1-9(22)20-11-2-4-12(5-3-11)21-15(23)8-26-18(24)16-10-6-13-14(7-10)27-19(25)17(13)16/h2-5,10,13-14,16-17H,6-8H2,1H3,(H,20,22)(H,21,23)/t10-,13-,14-,16-,17+/m1/s1. The van der Waals surface area contributed by atoms with Gasteiger partial charge in [-0.2, -0.15) is 0 Å². The molecule has 5 atom stereocenters. The van der Waals surface area contributed by atoms with E-state index in [0.717, 1.165) is 6.42 Å². The van der Waals surface area contributed by atoms with Gasteiger partial charge in [0.25, 0.3) is 5.91 Å². The highest BCUT2D eigenvalue weighted by Crippen LogP contribution is 2.57. The second kappa shape index (κ2) is 6.68. The van der Waals surface area contributed by atoms with Crippen LogP contribution < -0.4 is 10.6 Å². The van der Waals surface area contributed by atoms with E-state index in [0.29, 0.717) is 17.8 Å². The molecule has 1 aromatic rings. The summed E-state index contributed by atoms with van der Waals surface area (Å²) < 4.78 is 10.5. The van der Waals surface area contributed by atoms with Crippen molar-refractivity contribution in [3.05, 3.63) is 24.3 Å².